The molecule has 1 aromatic heterocycles. The molecule has 2 aliphatic heterocycles. The number of hydrogen-bond donors (Lipinski definition) is 1. The standard InChI is InChI=1S/C35H32N6O/c1-4-24-15-17-25(18-16-24)32-31-23(3)39-41(27-11-7-6-8-12-27)34(31)38-35-33(36-26-19-21-28(22-20-26)42-5-2)37-29-13-9-10-14-30(29)40(32)35/h6-22,32H,4-5H2,1-3H3,(H,36,37). The molecule has 0 amide bonds. The Balaban J connectivity index is 1.44. The molecule has 3 heterocycles. The van der Waals surface area contributed by atoms with E-state index in [-0.39, 0.29) is 6.04 Å². The lowest BCUT2D eigenvalue weighted by molar-refractivity contribution is 0.340. The number of aliphatic imine (C=N–C) groups is 2. The van der Waals surface area contributed by atoms with Gasteiger partial charge in [-0.15, -0.1) is 0 Å². The van der Waals surface area contributed by atoms with Crippen LogP contribution in [-0.2, 0) is 6.42 Å². The summed E-state index contributed by atoms with van der Waals surface area (Å²) in [4.78, 5) is 12.7. The zero-order valence-corrected chi connectivity index (χ0v) is 24.0. The number of anilines is 2. The van der Waals surface area contributed by atoms with Crippen molar-refractivity contribution in [3.63, 3.8) is 0 Å². The fraction of sp³-hybridized carbons (Fsp3) is 0.171. The summed E-state index contributed by atoms with van der Waals surface area (Å²) < 4.78 is 7.62. The third-order valence-corrected chi connectivity index (χ3v) is 7.77. The van der Waals surface area contributed by atoms with E-state index in [9.17, 15) is 0 Å². The normalized spacial score (nSPS) is 15.2. The topological polar surface area (TPSA) is 67.0 Å². The minimum atomic E-state index is -0.148. The number of nitrogens with one attached hydrogen (secondary N) is 1. The molecule has 1 N–H and O–H groups in total. The number of benzene rings is 4. The quantitative estimate of drug-likeness (QED) is 0.232. The minimum absolute atomic E-state index is 0.148. The molecule has 0 aliphatic carbocycles. The molecule has 208 valence electrons. The van der Waals surface area contributed by atoms with Crippen LogP contribution in [0.3, 0.4) is 0 Å². The molecular formula is C35H32N6O. The Hall–Kier alpha value is -5.17. The third-order valence-electron chi connectivity index (χ3n) is 7.77. The second kappa shape index (κ2) is 10.7. The first-order valence-electron chi connectivity index (χ1n) is 14.4. The van der Waals surface area contributed by atoms with Gasteiger partial charge in [-0.3, -0.25) is 0 Å². The van der Waals surface area contributed by atoms with Gasteiger partial charge in [0.15, 0.2) is 17.5 Å². The van der Waals surface area contributed by atoms with Gasteiger partial charge >= 0.3 is 0 Å². The summed E-state index contributed by atoms with van der Waals surface area (Å²) in [5, 5.41) is 8.60. The second-order valence-electron chi connectivity index (χ2n) is 10.4. The molecule has 0 saturated carbocycles. The molecule has 7 rings (SSSR count). The van der Waals surface area contributed by atoms with Crippen LogP contribution in [0.25, 0.3) is 5.69 Å². The molecular weight excluding hydrogens is 520 g/mol. The Morgan fingerprint density at radius 1 is 0.810 bits per heavy atom. The lowest BCUT2D eigenvalue weighted by Gasteiger charge is -2.40. The van der Waals surface area contributed by atoms with E-state index in [0.29, 0.717) is 12.4 Å². The summed E-state index contributed by atoms with van der Waals surface area (Å²) in [6.07, 6.45) is 0.989. The van der Waals surface area contributed by atoms with Crippen molar-refractivity contribution < 1.29 is 4.74 Å². The summed E-state index contributed by atoms with van der Waals surface area (Å²) in [5.74, 6) is 3.07. The van der Waals surface area contributed by atoms with Gasteiger partial charge in [0, 0.05) is 11.3 Å². The Bertz CT molecular complexity index is 1800. The minimum Gasteiger partial charge on any atom is -0.494 e. The summed E-state index contributed by atoms with van der Waals surface area (Å²) >= 11 is 0. The predicted molar refractivity (Wildman–Crippen MR) is 170 cm³/mol. The molecule has 1 atom stereocenters. The smallest absolute Gasteiger partial charge is 0.179 e. The Morgan fingerprint density at radius 3 is 2.29 bits per heavy atom. The number of aryl methyl sites for hydroxylation is 2. The molecule has 2 aliphatic rings. The number of hydrogen-bond acceptors (Lipinski definition) is 6. The van der Waals surface area contributed by atoms with Crippen molar-refractivity contribution in [2.75, 3.05) is 16.8 Å². The lowest BCUT2D eigenvalue weighted by atomic mass is 9.92. The third kappa shape index (κ3) is 4.43. The fourth-order valence-electron chi connectivity index (χ4n) is 5.74. The van der Waals surface area contributed by atoms with E-state index in [2.05, 4.69) is 78.7 Å². The molecule has 0 saturated heterocycles. The maximum atomic E-state index is 5.66. The zero-order valence-electron chi connectivity index (χ0n) is 24.0. The number of ether oxygens (including phenoxy) is 1. The van der Waals surface area contributed by atoms with Crippen molar-refractivity contribution in [1.82, 2.24) is 9.78 Å². The van der Waals surface area contributed by atoms with Crippen LogP contribution < -0.4 is 15.0 Å². The highest BCUT2D eigenvalue weighted by Crippen LogP contribution is 2.48. The van der Waals surface area contributed by atoms with Crippen molar-refractivity contribution in [3.05, 3.63) is 126 Å². The first-order chi connectivity index (χ1) is 20.6. The molecule has 0 spiro atoms. The summed E-state index contributed by atoms with van der Waals surface area (Å²) in [5.41, 5.74) is 8.28. The molecule has 5 aromatic rings. The van der Waals surface area contributed by atoms with Crippen molar-refractivity contribution in [3.8, 4) is 11.4 Å². The molecule has 0 fully saturated rings. The van der Waals surface area contributed by atoms with Crippen LogP contribution in [0.5, 0.6) is 5.75 Å². The van der Waals surface area contributed by atoms with E-state index in [4.69, 9.17) is 19.8 Å². The van der Waals surface area contributed by atoms with Gasteiger partial charge in [0.2, 0.25) is 0 Å². The van der Waals surface area contributed by atoms with E-state index in [1.165, 1.54) is 11.1 Å². The maximum absolute atomic E-state index is 5.66. The highest BCUT2D eigenvalue weighted by Gasteiger charge is 2.41. The lowest BCUT2D eigenvalue weighted by Crippen LogP contribution is -2.46. The van der Waals surface area contributed by atoms with Crippen molar-refractivity contribution >= 4 is 34.6 Å². The van der Waals surface area contributed by atoms with Crippen LogP contribution in [0.2, 0.25) is 0 Å². The number of nitrogens with zero attached hydrogens (tertiary/aromatic N) is 5. The molecule has 42 heavy (non-hydrogen) atoms. The van der Waals surface area contributed by atoms with E-state index in [0.717, 1.165) is 57.8 Å². The van der Waals surface area contributed by atoms with Gasteiger partial charge in [-0.25, -0.2) is 14.7 Å². The summed E-state index contributed by atoms with van der Waals surface area (Å²) in [6.45, 7) is 6.87. The first-order valence-corrected chi connectivity index (χ1v) is 14.4. The molecule has 1 unspecified atom stereocenters. The van der Waals surface area contributed by atoms with E-state index in [1.54, 1.807) is 0 Å². The Morgan fingerprint density at radius 2 is 1.55 bits per heavy atom. The van der Waals surface area contributed by atoms with E-state index < -0.39 is 0 Å². The van der Waals surface area contributed by atoms with Gasteiger partial charge in [0.1, 0.15) is 5.75 Å². The molecule has 0 radical (unpaired) electrons. The Kier molecular flexibility index (Phi) is 6.55. The van der Waals surface area contributed by atoms with E-state index in [1.807, 2.05) is 60.1 Å². The predicted octanol–water partition coefficient (Wildman–Crippen LogP) is 7.94. The highest BCUT2D eigenvalue weighted by molar-refractivity contribution is 6.51. The maximum Gasteiger partial charge on any atom is 0.179 e. The monoisotopic (exact) mass is 552 g/mol. The van der Waals surface area contributed by atoms with Crippen LogP contribution in [0, 0.1) is 6.92 Å². The Labute approximate surface area is 245 Å². The first kappa shape index (κ1) is 25.8. The average Bonchev–Trinajstić information content (AvgIpc) is 3.37. The number of rotatable bonds is 6. The van der Waals surface area contributed by atoms with Crippen LogP contribution in [0.4, 0.5) is 22.9 Å². The van der Waals surface area contributed by atoms with E-state index >= 15 is 0 Å². The van der Waals surface area contributed by atoms with Crippen LogP contribution in [-0.4, -0.2) is 28.1 Å². The number of fused-ring (bicyclic) bond motifs is 4. The van der Waals surface area contributed by atoms with Gasteiger partial charge in [-0.1, -0.05) is 61.5 Å². The largest absolute Gasteiger partial charge is 0.494 e. The van der Waals surface area contributed by atoms with Crippen molar-refractivity contribution in [1.29, 1.82) is 0 Å². The number of amidine groups is 2. The molecule has 0 bridgehead atoms. The number of para-hydroxylation sites is 3. The summed E-state index contributed by atoms with van der Waals surface area (Å²) in [6, 6.07) is 35.2. The van der Waals surface area contributed by atoms with Gasteiger partial charge < -0.3 is 15.0 Å². The van der Waals surface area contributed by atoms with Gasteiger partial charge in [0.25, 0.3) is 0 Å². The van der Waals surface area contributed by atoms with Gasteiger partial charge in [-0.2, -0.15) is 5.10 Å². The van der Waals surface area contributed by atoms with Crippen molar-refractivity contribution in [2.24, 2.45) is 9.98 Å². The SMILES string of the molecule is CCOc1ccc(NC2=Nc3ccccc3N3C2=Nc2c(c(C)nn2-c2ccccc2)C3c2ccc(CC)cc2)cc1. The second-order valence-corrected chi connectivity index (χ2v) is 10.4. The van der Waals surface area contributed by atoms with Crippen LogP contribution >= 0.6 is 0 Å². The highest BCUT2D eigenvalue weighted by atomic mass is 16.5. The van der Waals surface area contributed by atoms with Crippen LogP contribution in [0.1, 0.15) is 42.3 Å². The van der Waals surface area contributed by atoms with Gasteiger partial charge in [-0.05, 0) is 79.9 Å². The average molecular weight is 553 g/mol. The fourth-order valence-corrected chi connectivity index (χ4v) is 5.74. The van der Waals surface area contributed by atoms with Crippen molar-refractivity contribution in [2.45, 2.75) is 33.2 Å². The van der Waals surface area contributed by atoms with Crippen LogP contribution in [0.15, 0.2) is 113 Å². The molecule has 7 heteroatoms. The van der Waals surface area contributed by atoms with Gasteiger partial charge in [0.05, 0.1) is 35.4 Å². The molecule has 7 nitrogen and oxygen atoms in total. The zero-order chi connectivity index (χ0) is 28.6. The summed E-state index contributed by atoms with van der Waals surface area (Å²) in [7, 11) is 0. The molecule has 4 aromatic carbocycles. The number of aromatic nitrogens is 2.